The summed E-state index contributed by atoms with van der Waals surface area (Å²) in [5, 5.41) is 14.0. The Labute approximate surface area is 303 Å². The number of anilines is 1. The lowest BCUT2D eigenvalue weighted by molar-refractivity contribution is -0.187. The number of ether oxygens (including phenoxy) is 2. The molecule has 0 unspecified atom stereocenters. The lowest BCUT2D eigenvalue weighted by Gasteiger charge is -2.49. The minimum Gasteiger partial charge on any atom is -0.489 e. The Morgan fingerprint density at radius 3 is 2.20 bits per heavy atom. The number of nitrogens with zero attached hydrogens (tertiary/aromatic N) is 5. The molecule has 1 aromatic heterocycles. The highest BCUT2D eigenvalue weighted by molar-refractivity contribution is 6.05. The number of hydrogen-bond donors (Lipinski definition) is 2. The van der Waals surface area contributed by atoms with E-state index in [4.69, 9.17) is 9.47 Å². The fraction of sp³-hybridized carbons (Fsp3) is 0.441. The van der Waals surface area contributed by atoms with Crippen molar-refractivity contribution in [2.45, 2.75) is 50.1 Å². The highest BCUT2D eigenvalue weighted by Crippen LogP contribution is 2.40. The monoisotopic (exact) mass is 776 g/mol. The topological polar surface area (TPSA) is 137 Å². The molecule has 0 atom stereocenters. The van der Waals surface area contributed by atoms with Gasteiger partial charge in [-0.1, -0.05) is 6.07 Å². The van der Waals surface area contributed by atoms with E-state index in [1.165, 1.54) is 14.2 Å². The standard InChI is InChI=1S/C34H36F8N6O6/c1-46(11-13-53-3)12-14-54-25-8-5-20(29(35)30(25)36)18-48(47(2)32(31(51)52)9-4-10-32)28(50)17-27(49)45-23-7-6-21(33(37,38)39)15-22(23)24-16-26(34(40,41)42)44-19-43-24/h5-8,15-16,19H,4,9-14,17-18H2,1-3H3,(H,45,49)(H,51,52). The third-order valence-corrected chi connectivity index (χ3v) is 8.87. The number of aromatic nitrogens is 2. The van der Waals surface area contributed by atoms with E-state index in [0.29, 0.717) is 50.6 Å². The van der Waals surface area contributed by atoms with Crippen molar-refractivity contribution >= 4 is 23.5 Å². The van der Waals surface area contributed by atoms with Crippen molar-refractivity contribution in [1.29, 1.82) is 0 Å². The minimum absolute atomic E-state index is 0.0130. The predicted molar refractivity (Wildman–Crippen MR) is 174 cm³/mol. The van der Waals surface area contributed by atoms with Gasteiger partial charge in [0.05, 0.1) is 30.1 Å². The normalized spacial score (nSPS) is 14.2. The summed E-state index contributed by atoms with van der Waals surface area (Å²) in [6.07, 6.45) is -10.0. The second-order valence-corrected chi connectivity index (χ2v) is 12.4. The summed E-state index contributed by atoms with van der Waals surface area (Å²) in [4.78, 5) is 47.9. The van der Waals surface area contributed by atoms with Gasteiger partial charge in [0.1, 0.15) is 30.6 Å². The van der Waals surface area contributed by atoms with Gasteiger partial charge in [0.25, 0.3) is 0 Å². The van der Waals surface area contributed by atoms with Crippen molar-refractivity contribution in [2.75, 3.05) is 52.8 Å². The van der Waals surface area contributed by atoms with E-state index in [-0.39, 0.29) is 19.4 Å². The van der Waals surface area contributed by atoms with E-state index in [0.717, 1.165) is 28.2 Å². The van der Waals surface area contributed by atoms with E-state index in [9.17, 15) is 45.8 Å². The number of carboxylic acids is 1. The van der Waals surface area contributed by atoms with Crippen LogP contribution in [0.2, 0.25) is 0 Å². The predicted octanol–water partition coefficient (Wildman–Crippen LogP) is 5.63. The average molecular weight is 777 g/mol. The van der Waals surface area contributed by atoms with Gasteiger partial charge in [-0.3, -0.25) is 19.4 Å². The Balaban J connectivity index is 1.60. The van der Waals surface area contributed by atoms with Crippen molar-refractivity contribution in [2.24, 2.45) is 0 Å². The van der Waals surface area contributed by atoms with Crippen LogP contribution in [0.3, 0.4) is 0 Å². The molecular formula is C34H36F8N6O6. The van der Waals surface area contributed by atoms with Crippen LogP contribution in [-0.4, -0.2) is 101 Å². The maximum atomic E-state index is 15.4. The molecule has 0 radical (unpaired) electrons. The van der Waals surface area contributed by atoms with E-state index in [1.54, 1.807) is 7.05 Å². The van der Waals surface area contributed by atoms with Crippen LogP contribution in [0.15, 0.2) is 42.7 Å². The summed E-state index contributed by atoms with van der Waals surface area (Å²) in [6, 6.07) is 4.38. The van der Waals surface area contributed by atoms with Gasteiger partial charge in [0, 0.05) is 38.4 Å². The lowest BCUT2D eigenvalue weighted by atomic mass is 9.76. The molecule has 1 fully saturated rings. The molecule has 294 valence electrons. The van der Waals surface area contributed by atoms with Crippen molar-refractivity contribution in [3.8, 4) is 17.0 Å². The van der Waals surface area contributed by atoms with Gasteiger partial charge in [-0.25, -0.2) is 19.4 Å². The molecule has 1 heterocycles. The van der Waals surface area contributed by atoms with Gasteiger partial charge in [-0.05, 0) is 56.6 Å². The number of nitrogens with one attached hydrogen (secondary N) is 1. The number of carboxylic acid groups (broad SMARTS) is 1. The molecule has 54 heavy (non-hydrogen) atoms. The molecule has 1 aliphatic carbocycles. The number of hydrogen-bond acceptors (Lipinski definition) is 9. The molecule has 1 saturated carbocycles. The van der Waals surface area contributed by atoms with Crippen LogP contribution in [0.1, 0.15) is 42.5 Å². The quantitative estimate of drug-likeness (QED) is 0.107. The van der Waals surface area contributed by atoms with E-state index < -0.39 is 99.8 Å². The minimum atomic E-state index is -4.99. The fourth-order valence-electron chi connectivity index (χ4n) is 5.54. The van der Waals surface area contributed by atoms with Gasteiger partial charge in [0.15, 0.2) is 11.6 Å². The first-order chi connectivity index (χ1) is 25.3. The molecule has 20 heteroatoms. The summed E-state index contributed by atoms with van der Waals surface area (Å²) in [5.41, 5.74) is -6.51. The summed E-state index contributed by atoms with van der Waals surface area (Å²) < 4.78 is 122. The molecule has 12 nitrogen and oxygen atoms in total. The summed E-state index contributed by atoms with van der Waals surface area (Å²) in [6.45, 7) is 0.571. The first-order valence-corrected chi connectivity index (χ1v) is 16.2. The third-order valence-electron chi connectivity index (χ3n) is 8.87. The number of methoxy groups -OCH3 is 1. The number of alkyl halides is 6. The van der Waals surface area contributed by atoms with Crippen LogP contribution in [-0.2, 0) is 38.0 Å². The summed E-state index contributed by atoms with van der Waals surface area (Å²) in [5.74, 6) is -6.87. The van der Waals surface area contributed by atoms with Crippen LogP contribution in [0.25, 0.3) is 11.3 Å². The van der Waals surface area contributed by atoms with Gasteiger partial charge >= 0.3 is 18.3 Å². The number of carbonyl (C=O) groups is 3. The summed E-state index contributed by atoms with van der Waals surface area (Å²) in [7, 11) is 4.52. The van der Waals surface area contributed by atoms with Crippen LogP contribution in [0.4, 0.5) is 40.8 Å². The molecule has 2 amide bonds. The Morgan fingerprint density at radius 2 is 1.61 bits per heavy atom. The number of amides is 2. The number of halogens is 8. The van der Waals surface area contributed by atoms with Gasteiger partial charge in [-0.15, -0.1) is 0 Å². The molecule has 0 bridgehead atoms. The molecule has 2 N–H and O–H groups in total. The zero-order valence-electron chi connectivity index (χ0n) is 29.2. The van der Waals surface area contributed by atoms with E-state index >= 15 is 8.78 Å². The zero-order valence-corrected chi connectivity index (χ0v) is 29.2. The molecule has 4 rings (SSSR count). The first kappa shape index (κ1) is 41.8. The number of likely N-dealkylation sites (N-methyl/N-ethyl adjacent to an activating group) is 2. The number of carbonyl (C=O) groups excluding carboxylic acids is 2. The number of hydrazine groups is 1. The maximum absolute atomic E-state index is 15.4. The molecule has 1 aliphatic rings. The van der Waals surface area contributed by atoms with Gasteiger partial charge in [-0.2, -0.15) is 30.7 Å². The molecule has 0 saturated heterocycles. The SMILES string of the molecule is COCCN(C)CCOc1ccc(CN(C(=O)CC(=O)Nc2ccc(C(F)(F)F)cc2-c2cc(C(F)(F)F)ncn2)N(C)C2(C(=O)O)CCC2)c(F)c1F. The van der Waals surface area contributed by atoms with Crippen LogP contribution in [0.5, 0.6) is 5.75 Å². The average Bonchev–Trinajstić information content (AvgIpc) is 3.07. The van der Waals surface area contributed by atoms with E-state index in [2.05, 4.69) is 15.3 Å². The van der Waals surface area contributed by atoms with Gasteiger partial charge < -0.3 is 24.8 Å². The lowest BCUT2D eigenvalue weighted by Crippen LogP contribution is -2.64. The molecule has 2 aromatic carbocycles. The first-order valence-electron chi connectivity index (χ1n) is 16.2. The Morgan fingerprint density at radius 1 is 0.926 bits per heavy atom. The highest BCUT2D eigenvalue weighted by Gasteiger charge is 2.51. The smallest absolute Gasteiger partial charge is 0.433 e. The van der Waals surface area contributed by atoms with E-state index in [1.807, 2.05) is 4.90 Å². The Hall–Kier alpha value is -4.95. The Kier molecular flexibility index (Phi) is 13.2. The summed E-state index contributed by atoms with van der Waals surface area (Å²) >= 11 is 0. The number of benzene rings is 2. The molecular weight excluding hydrogens is 740 g/mol. The second-order valence-electron chi connectivity index (χ2n) is 12.4. The number of aliphatic carboxylic acids is 1. The molecule has 0 aliphatic heterocycles. The zero-order chi connectivity index (χ0) is 40.0. The van der Waals surface area contributed by atoms with Crippen LogP contribution < -0.4 is 10.1 Å². The maximum Gasteiger partial charge on any atom is 0.433 e. The Bertz CT molecular complexity index is 1840. The van der Waals surface area contributed by atoms with Gasteiger partial charge in [0.2, 0.25) is 17.6 Å². The van der Waals surface area contributed by atoms with Crippen LogP contribution >= 0.6 is 0 Å². The fourth-order valence-corrected chi connectivity index (χ4v) is 5.54. The largest absolute Gasteiger partial charge is 0.489 e. The van der Waals surface area contributed by atoms with Crippen molar-refractivity contribution in [3.63, 3.8) is 0 Å². The van der Waals surface area contributed by atoms with Crippen molar-refractivity contribution in [3.05, 3.63) is 71.2 Å². The highest BCUT2D eigenvalue weighted by atomic mass is 19.4. The molecule has 3 aromatic rings. The molecule has 0 spiro atoms. The van der Waals surface area contributed by atoms with Crippen molar-refractivity contribution in [1.82, 2.24) is 24.9 Å². The third kappa shape index (κ3) is 9.77. The van der Waals surface area contributed by atoms with Crippen molar-refractivity contribution < 1.29 is 64.1 Å². The van der Waals surface area contributed by atoms with Crippen LogP contribution in [0, 0.1) is 11.6 Å². The number of rotatable bonds is 16. The second kappa shape index (κ2) is 17.0.